The molecule has 1 aromatic heterocycles. The summed E-state index contributed by atoms with van der Waals surface area (Å²) in [4.78, 5) is 29.5. The fraction of sp³-hybridized carbons (Fsp3) is 0.105. The van der Waals surface area contributed by atoms with Crippen LogP contribution in [-0.4, -0.2) is 21.7 Å². The first kappa shape index (κ1) is 17.9. The fourth-order valence-corrected chi connectivity index (χ4v) is 3.01. The van der Waals surface area contributed by atoms with Gasteiger partial charge in [0, 0.05) is 16.5 Å². The van der Waals surface area contributed by atoms with E-state index in [0.717, 1.165) is 4.90 Å². The van der Waals surface area contributed by atoms with Crippen LogP contribution in [0.4, 0.5) is 10.1 Å². The third-order valence-corrected chi connectivity index (χ3v) is 4.52. The molecule has 0 unspecified atom stereocenters. The van der Waals surface area contributed by atoms with E-state index in [1.807, 2.05) is 24.5 Å². The van der Waals surface area contributed by atoms with Gasteiger partial charge in [-0.15, -0.1) is 11.8 Å². The zero-order chi connectivity index (χ0) is 18.5. The number of para-hydroxylation sites is 1. The van der Waals surface area contributed by atoms with Gasteiger partial charge in [0.1, 0.15) is 12.4 Å². The Balaban J connectivity index is 1.77. The molecule has 0 saturated heterocycles. The van der Waals surface area contributed by atoms with Gasteiger partial charge in [-0.1, -0.05) is 24.3 Å². The summed E-state index contributed by atoms with van der Waals surface area (Å²) in [6, 6.07) is 14.7. The van der Waals surface area contributed by atoms with Crippen LogP contribution in [0.5, 0.6) is 0 Å². The summed E-state index contributed by atoms with van der Waals surface area (Å²) in [5.41, 5.74) is 0.744. The number of anilines is 1. The van der Waals surface area contributed by atoms with E-state index in [0.29, 0.717) is 5.69 Å². The number of nitrogens with zero attached hydrogens (tertiary/aromatic N) is 2. The molecule has 2 aromatic carbocycles. The summed E-state index contributed by atoms with van der Waals surface area (Å²) in [6.07, 6.45) is 3.17. The lowest BCUT2D eigenvalue weighted by Crippen LogP contribution is -2.27. The highest BCUT2D eigenvalue weighted by Crippen LogP contribution is 2.24. The number of carbonyl (C=O) groups excluding carboxylic acids is 1. The largest absolute Gasteiger partial charge is 0.324 e. The number of amides is 1. The molecule has 0 aliphatic rings. The van der Waals surface area contributed by atoms with Gasteiger partial charge in [0.05, 0.1) is 17.7 Å². The maximum atomic E-state index is 13.8. The van der Waals surface area contributed by atoms with Gasteiger partial charge < -0.3 is 5.32 Å². The molecular formula is C19H16FN3O2S. The second-order valence-electron chi connectivity index (χ2n) is 5.47. The Morgan fingerprint density at radius 3 is 2.65 bits per heavy atom. The van der Waals surface area contributed by atoms with Crippen LogP contribution in [0, 0.1) is 5.82 Å². The first-order valence-corrected chi connectivity index (χ1v) is 9.05. The average Bonchev–Trinajstić information content (AvgIpc) is 2.64. The van der Waals surface area contributed by atoms with E-state index in [1.54, 1.807) is 24.3 Å². The van der Waals surface area contributed by atoms with Crippen molar-refractivity contribution in [1.82, 2.24) is 9.55 Å². The van der Waals surface area contributed by atoms with E-state index in [-0.39, 0.29) is 23.7 Å². The molecule has 0 atom stereocenters. The van der Waals surface area contributed by atoms with E-state index >= 15 is 0 Å². The molecule has 0 fully saturated rings. The normalized spacial score (nSPS) is 10.5. The predicted octanol–water partition coefficient (Wildman–Crippen LogP) is 3.41. The van der Waals surface area contributed by atoms with Gasteiger partial charge in [0.25, 0.3) is 5.56 Å². The highest BCUT2D eigenvalue weighted by Gasteiger charge is 2.11. The van der Waals surface area contributed by atoms with Gasteiger partial charge in [-0.05, 0) is 30.5 Å². The highest BCUT2D eigenvalue weighted by atomic mass is 32.2. The van der Waals surface area contributed by atoms with Crippen molar-refractivity contribution in [3.8, 4) is 11.3 Å². The van der Waals surface area contributed by atoms with Crippen LogP contribution in [0.2, 0.25) is 0 Å². The van der Waals surface area contributed by atoms with Crippen LogP contribution < -0.4 is 10.9 Å². The maximum absolute atomic E-state index is 13.8. The molecule has 5 nitrogen and oxygen atoms in total. The first-order chi connectivity index (χ1) is 12.6. The molecule has 0 radical (unpaired) electrons. The van der Waals surface area contributed by atoms with Crippen LogP contribution in [0.15, 0.2) is 70.6 Å². The minimum Gasteiger partial charge on any atom is -0.324 e. The molecule has 1 amide bonds. The van der Waals surface area contributed by atoms with E-state index in [4.69, 9.17) is 0 Å². The van der Waals surface area contributed by atoms with Gasteiger partial charge in [-0.25, -0.2) is 9.37 Å². The van der Waals surface area contributed by atoms with Crippen LogP contribution in [0.25, 0.3) is 11.3 Å². The lowest BCUT2D eigenvalue weighted by Gasteiger charge is -2.10. The fourth-order valence-electron chi connectivity index (χ4n) is 2.45. The second kappa shape index (κ2) is 7.97. The topological polar surface area (TPSA) is 64.0 Å². The smallest absolute Gasteiger partial charge is 0.254 e. The third kappa shape index (κ3) is 4.00. The lowest BCUT2D eigenvalue weighted by molar-refractivity contribution is -0.116. The molecule has 26 heavy (non-hydrogen) atoms. The minimum absolute atomic E-state index is 0.175. The SMILES string of the molecule is CSc1ccccc1NC(=O)Cn1cnc(-c2ccccc2F)cc1=O. The summed E-state index contributed by atoms with van der Waals surface area (Å²) in [5.74, 6) is -0.794. The molecule has 3 aromatic rings. The van der Waals surface area contributed by atoms with Crippen molar-refractivity contribution in [2.24, 2.45) is 0 Å². The molecule has 0 aliphatic heterocycles. The second-order valence-corrected chi connectivity index (χ2v) is 6.32. The Morgan fingerprint density at radius 1 is 1.19 bits per heavy atom. The predicted molar refractivity (Wildman–Crippen MR) is 101 cm³/mol. The summed E-state index contributed by atoms with van der Waals surface area (Å²) in [6.45, 7) is -0.175. The van der Waals surface area contributed by atoms with Gasteiger partial charge in [0.15, 0.2) is 0 Å². The monoisotopic (exact) mass is 369 g/mol. The molecule has 0 aliphatic carbocycles. The molecule has 7 heteroatoms. The minimum atomic E-state index is -0.455. The third-order valence-electron chi connectivity index (χ3n) is 3.72. The quantitative estimate of drug-likeness (QED) is 0.700. The number of hydrogen-bond donors (Lipinski definition) is 1. The van der Waals surface area contributed by atoms with Gasteiger partial charge >= 0.3 is 0 Å². The Hall–Kier alpha value is -2.93. The number of benzene rings is 2. The molecule has 132 valence electrons. The molecule has 0 saturated carbocycles. The number of halogens is 1. The van der Waals surface area contributed by atoms with Crippen molar-refractivity contribution in [2.45, 2.75) is 11.4 Å². The van der Waals surface area contributed by atoms with E-state index in [2.05, 4.69) is 10.3 Å². The number of carbonyl (C=O) groups is 1. The molecule has 0 spiro atoms. The van der Waals surface area contributed by atoms with Crippen molar-refractivity contribution in [3.63, 3.8) is 0 Å². The number of nitrogens with one attached hydrogen (secondary N) is 1. The van der Waals surface area contributed by atoms with Crippen molar-refractivity contribution in [1.29, 1.82) is 0 Å². The number of hydrogen-bond acceptors (Lipinski definition) is 4. The van der Waals surface area contributed by atoms with E-state index in [1.165, 1.54) is 34.8 Å². The highest BCUT2D eigenvalue weighted by molar-refractivity contribution is 7.98. The zero-order valence-electron chi connectivity index (χ0n) is 14.0. The molecule has 1 N–H and O–H groups in total. The Labute approximate surface area is 153 Å². The molecule has 1 heterocycles. The first-order valence-electron chi connectivity index (χ1n) is 7.83. The average molecular weight is 369 g/mol. The number of rotatable bonds is 5. The molecule has 0 bridgehead atoms. The van der Waals surface area contributed by atoms with Crippen LogP contribution in [0.3, 0.4) is 0 Å². The Kier molecular flexibility index (Phi) is 5.48. The van der Waals surface area contributed by atoms with Crippen molar-refractivity contribution in [2.75, 3.05) is 11.6 Å². The van der Waals surface area contributed by atoms with Crippen LogP contribution >= 0.6 is 11.8 Å². The van der Waals surface area contributed by atoms with Crippen LogP contribution in [-0.2, 0) is 11.3 Å². The Bertz CT molecular complexity index is 1000. The number of aromatic nitrogens is 2. The summed E-state index contributed by atoms with van der Waals surface area (Å²) in [5, 5.41) is 2.79. The van der Waals surface area contributed by atoms with Crippen LogP contribution in [0.1, 0.15) is 0 Å². The lowest BCUT2D eigenvalue weighted by atomic mass is 10.1. The van der Waals surface area contributed by atoms with Crippen molar-refractivity contribution >= 4 is 23.4 Å². The van der Waals surface area contributed by atoms with Crippen molar-refractivity contribution < 1.29 is 9.18 Å². The van der Waals surface area contributed by atoms with Gasteiger partial charge in [-0.3, -0.25) is 14.2 Å². The maximum Gasteiger partial charge on any atom is 0.254 e. The summed E-state index contributed by atoms with van der Waals surface area (Å²) < 4.78 is 15.0. The van der Waals surface area contributed by atoms with Crippen molar-refractivity contribution in [3.05, 3.63) is 77.1 Å². The summed E-state index contributed by atoms with van der Waals surface area (Å²) >= 11 is 1.52. The van der Waals surface area contributed by atoms with E-state index in [9.17, 15) is 14.0 Å². The zero-order valence-corrected chi connectivity index (χ0v) is 14.8. The standard InChI is InChI=1S/C19H16FN3O2S/c1-26-17-9-5-4-8-15(17)22-18(24)11-23-12-21-16(10-19(23)25)13-6-2-3-7-14(13)20/h2-10,12H,11H2,1H3,(H,22,24). The molecule has 3 rings (SSSR count). The van der Waals surface area contributed by atoms with Gasteiger partial charge in [-0.2, -0.15) is 0 Å². The summed E-state index contributed by atoms with van der Waals surface area (Å²) in [7, 11) is 0. The van der Waals surface area contributed by atoms with E-state index < -0.39 is 11.4 Å². The molecular weight excluding hydrogens is 353 g/mol. The number of thioether (sulfide) groups is 1. The van der Waals surface area contributed by atoms with Gasteiger partial charge in [0.2, 0.25) is 5.91 Å². The Morgan fingerprint density at radius 2 is 1.92 bits per heavy atom.